The topological polar surface area (TPSA) is 84.3 Å². The molecule has 0 spiro atoms. The average Bonchev–Trinajstić information content (AvgIpc) is 2.91. The molecule has 0 aromatic heterocycles. The summed E-state index contributed by atoms with van der Waals surface area (Å²) in [6.07, 6.45) is 2.58. The van der Waals surface area contributed by atoms with Crippen LogP contribution in [0.2, 0.25) is 0 Å². The summed E-state index contributed by atoms with van der Waals surface area (Å²) in [5.41, 5.74) is 1.54. The summed E-state index contributed by atoms with van der Waals surface area (Å²) in [7, 11) is 3.24. The van der Waals surface area contributed by atoms with E-state index in [1.54, 1.807) is 14.2 Å². The van der Waals surface area contributed by atoms with Crippen LogP contribution < -0.4 is 14.2 Å². The standard InChI is InChI=1S/C31H41N3O5/c1-31(2,3)29(35)21-33-17-25-19-34(20-26(18-33)38-25)30(8-6-7-22-9-11-23(16-32)12-10-22)39-24-13-14-27(36-4)28(15-24)37-5/h9-15,25-26,30H,6-8,17-21H2,1-5H3. The maximum absolute atomic E-state index is 12.6. The highest BCUT2D eigenvalue weighted by molar-refractivity contribution is 5.85. The van der Waals surface area contributed by atoms with Crippen LogP contribution in [0.4, 0.5) is 0 Å². The van der Waals surface area contributed by atoms with Crippen LogP contribution >= 0.6 is 0 Å². The first-order valence-electron chi connectivity index (χ1n) is 13.7. The van der Waals surface area contributed by atoms with Crippen molar-refractivity contribution in [3.8, 4) is 23.3 Å². The third-order valence-corrected chi connectivity index (χ3v) is 7.42. The molecule has 2 heterocycles. The second-order valence-corrected chi connectivity index (χ2v) is 11.5. The van der Waals surface area contributed by atoms with Crippen molar-refractivity contribution in [1.29, 1.82) is 5.26 Å². The third-order valence-electron chi connectivity index (χ3n) is 7.42. The zero-order chi connectivity index (χ0) is 28.0. The summed E-state index contributed by atoms with van der Waals surface area (Å²) in [6, 6.07) is 15.6. The van der Waals surface area contributed by atoms with E-state index in [4.69, 9.17) is 24.2 Å². The maximum Gasteiger partial charge on any atom is 0.164 e. The fourth-order valence-corrected chi connectivity index (χ4v) is 5.20. The van der Waals surface area contributed by atoms with Crippen LogP contribution in [-0.2, 0) is 16.0 Å². The molecule has 2 aliphatic heterocycles. The highest BCUT2D eigenvalue weighted by atomic mass is 16.5. The largest absolute Gasteiger partial charge is 0.493 e. The van der Waals surface area contributed by atoms with E-state index in [2.05, 4.69) is 15.9 Å². The molecule has 8 heteroatoms. The fourth-order valence-electron chi connectivity index (χ4n) is 5.20. The molecule has 2 aromatic rings. The van der Waals surface area contributed by atoms with Crippen molar-refractivity contribution in [2.45, 2.75) is 58.5 Å². The number of hydrogen-bond acceptors (Lipinski definition) is 8. The minimum absolute atomic E-state index is 0.0281. The lowest BCUT2D eigenvalue weighted by Gasteiger charge is -2.47. The lowest BCUT2D eigenvalue weighted by molar-refractivity contribution is -0.167. The number of hydrogen-bond donors (Lipinski definition) is 0. The Morgan fingerprint density at radius 1 is 1.03 bits per heavy atom. The molecule has 3 atom stereocenters. The molecule has 0 aliphatic carbocycles. The van der Waals surface area contributed by atoms with Gasteiger partial charge < -0.3 is 18.9 Å². The zero-order valence-electron chi connectivity index (χ0n) is 23.8. The molecule has 0 radical (unpaired) electrons. The van der Waals surface area contributed by atoms with Gasteiger partial charge >= 0.3 is 0 Å². The van der Waals surface area contributed by atoms with Crippen molar-refractivity contribution in [1.82, 2.24) is 9.80 Å². The van der Waals surface area contributed by atoms with Crippen molar-refractivity contribution in [3.63, 3.8) is 0 Å². The number of methoxy groups -OCH3 is 2. The average molecular weight is 536 g/mol. The van der Waals surface area contributed by atoms with Gasteiger partial charge in [-0.15, -0.1) is 0 Å². The van der Waals surface area contributed by atoms with E-state index in [1.165, 1.54) is 5.56 Å². The predicted molar refractivity (Wildman–Crippen MR) is 149 cm³/mol. The smallest absolute Gasteiger partial charge is 0.164 e. The van der Waals surface area contributed by atoms with Crippen LogP contribution in [0.3, 0.4) is 0 Å². The Bertz CT molecular complexity index is 1140. The molecule has 2 aliphatic rings. The van der Waals surface area contributed by atoms with Gasteiger partial charge in [-0.1, -0.05) is 32.9 Å². The van der Waals surface area contributed by atoms with Crippen LogP contribution in [-0.4, -0.2) is 81.0 Å². The van der Waals surface area contributed by atoms with E-state index < -0.39 is 0 Å². The van der Waals surface area contributed by atoms with Crippen molar-refractivity contribution in [2.24, 2.45) is 5.41 Å². The van der Waals surface area contributed by atoms with Gasteiger partial charge in [0.15, 0.2) is 23.5 Å². The van der Waals surface area contributed by atoms with Gasteiger partial charge in [0.25, 0.3) is 0 Å². The minimum atomic E-state index is -0.341. The first-order chi connectivity index (χ1) is 18.7. The van der Waals surface area contributed by atoms with Crippen molar-refractivity contribution in [2.75, 3.05) is 46.9 Å². The fraction of sp³-hybridized carbons (Fsp3) is 0.548. The number of fused-ring (bicyclic) bond motifs is 2. The summed E-state index contributed by atoms with van der Waals surface area (Å²) in [5.74, 6) is 2.28. The number of rotatable bonds is 11. The summed E-state index contributed by atoms with van der Waals surface area (Å²) in [4.78, 5) is 17.3. The Hall–Kier alpha value is -3.12. The Labute approximate surface area is 232 Å². The Morgan fingerprint density at radius 2 is 1.69 bits per heavy atom. The number of ether oxygens (including phenoxy) is 4. The van der Waals surface area contributed by atoms with Crippen LogP contribution in [0.5, 0.6) is 17.2 Å². The molecule has 210 valence electrons. The highest BCUT2D eigenvalue weighted by Crippen LogP contribution is 2.33. The van der Waals surface area contributed by atoms with E-state index in [0.717, 1.165) is 51.2 Å². The first-order valence-corrected chi connectivity index (χ1v) is 13.7. The SMILES string of the molecule is COc1ccc(OC(CCCc2ccc(C#N)cc2)N2CC3CN(CC(=O)C(C)(C)C)CC(C2)O3)cc1OC. The number of carbonyl (C=O) groups excluding carboxylic acids is 1. The van der Waals surface area contributed by atoms with E-state index in [9.17, 15) is 4.79 Å². The van der Waals surface area contributed by atoms with E-state index >= 15 is 0 Å². The monoisotopic (exact) mass is 535 g/mol. The Kier molecular flexibility index (Phi) is 9.49. The van der Waals surface area contributed by atoms with Crippen LogP contribution in [0.1, 0.15) is 44.7 Å². The Balaban J connectivity index is 1.44. The first kappa shape index (κ1) is 28.9. The second-order valence-electron chi connectivity index (χ2n) is 11.5. The maximum atomic E-state index is 12.6. The zero-order valence-corrected chi connectivity index (χ0v) is 23.8. The van der Waals surface area contributed by atoms with Crippen LogP contribution in [0.15, 0.2) is 42.5 Å². The van der Waals surface area contributed by atoms with Gasteiger partial charge in [0.2, 0.25) is 0 Å². The van der Waals surface area contributed by atoms with Gasteiger partial charge in [-0.3, -0.25) is 14.6 Å². The number of carbonyl (C=O) groups is 1. The molecule has 0 saturated carbocycles. The number of aryl methyl sites for hydroxylation is 1. The van der Waals surface area contributed by atoms with Gasteiger partial charge in [0.05, 0.1) is 44.6 Å². The molecule has 8 nitrogen and oxygen atoms in total. The molecule has 0 N–H and O–H groups in total. The normalized spacial score (nSPS) is 20.6. The van der Waals surface area contributed by atoms with Crippen LogP contribution in [0.25, 0.3) is 0 Å². The van der Waals surface area contributed by atoms with E-state index in [1.807, 2.05) is 63.2 Å². The third kappa shape index (κ3) is 7.72. The number of morpholine rings is 2. The predicted octanol–water partition coefficient (Wildman–Crippen LogP) is 4.30. The number of Topliss-reactive ketones (excluding diaryl/α,β-unsaturated/α-hetero) is 1. The molecular formula is C31H41N3O5. The lowest BCUT2D eigenvalue weighted by atomic mass is 9.90. The van der Waals surface area contributed by atoms with Crippen molar-refractivity contribution < 1.29 is 23.7 Å². The second kappa shape index (κ2) is 12.8. The van der Waals surface area contributed by atoms with Crippen molar-refractivity contribution in [3.05, 3.63) is 53.6 Å². The molecule has 2 fully saturated rings. The summed E-state index contributed by atoms with van der Waals surface area (Å²) < 4.78 is 23.8. The minimum Gasteiger partial charge on any atom is -0.493 e. The van der Waals surface area contributed by atoms with E-state index in [-0.39, 0.29) is 29.6 Å². The number of nitriles is 1. The lowest BCUT2D eigenvalue weighted by Crippen LogP contribution is -2.62. The summed E-state index contributed by atoms with van der Waals surface area (Å²) in [6.45, 7) is 9.37. The molecule has 3 unspecified atom stereocenters. The van der Waals surface area contributed by atoms with Gasteiger partial charge in [0, 0.05) is 37.7 Å². The van der Waals surface area contributed by atoms with E-state index in [0.29, 0.717) is 23.6 Å². The molecule has 39 heavy (non-hydrogen) atoms. The van der Waals surface area contributed by atoms with Gasteiger partial charge in [-0.05, 0) is 49.1 Å². The molecule has 2 aromatic carbocycles. The molecule has 2 saturated heterocycles. The van der Waals surface area contributed by atoms with Crippen LogP contribution in [0, 0.1) is 16.7 Å². The molecule has 0 amide bonds. The number of nitrogens with zero attached hydrogens (tertiary/aromatic N) is 3. The van der Waals surface area contributed by atoms with Crippen molar-refractivity contribution >= 4 is 5.78 Å². The Morgan fingerprint density at radius 3 is 2.28 bits per heavy atom. The number of benzene rings is 2. The highest BCUT2D eigenvalue weighted by Gasteiger charge is 2.39. The molecular weight excluding hydrogens is 494 g/mol. The summed E-state index contributed by atoms with van der Waals surface area (Å²) >= 11 is 0. The molecule has 4 rings (SSSR count). The van der Waals surface area contributed by atoms with Gasteiger partial charge in [-0.2, -0.15) is 5.26 Å². The quantitative estimate of drug-likeness (QED) is 0.421. The molecule has 2 bridgehead atoms. The summed E-state index contributed by atoms with van der Waals surface area (Å²) in [5, 5.41) is 9.08. The van der Waals surface area contributed by atoms with Gasteiger partial charge in [0.1, 0.15) is 5.75 Å². The van der Waals surface area contributed by atoms with Gasteiger partial charge in [-0.25, -0.2) is 0 Å². The number of ketones is 1.